The van der Waals surface area contributed by atoms with Crippen LogP contribution in [0.4, 0.5) is 22.1 Å². The van der Waals surface area contributed by atoms with Crippen LogP contribution in [0.1, 0.15) is 0 Å². The summed E-state index contributed by atoms with van der Waals surface area (Å²) < 4.78 is 5.39. The minimum atomic E-state index is -0.0660. The van der Waals surface area contributed by atoms with Gasteiger partial charge in [0.15, 0.2) is 11.6 Å². The number of hydrogen-bond donors (Lipinski definition) is 1. The maximum Gasteiger partial charge on any atom is 0.321 e. The van der Waals surface area contributed by atoms with Gasteiger partial charge in [-0.15, -0.1) is 10.2 Å². The molecule has 1 N–H and O–H groups in total. The molecule has 0 bridgehead atoms. The Kier molecular flexibility index (Phi) is 5.54. The molecule has 2 fully saturated rings. The molecule has 31 heavy (non-hydrogen) atoms. The maximum atomic E-state index is 12.7. The molecule has 3 heterocycles. The van der Waals surface area contributed by atoms with Crippen LogP contribution in [-0.4, -0.2) is 73.6 Å². The number of nitrogens with zero attached hydrogens (tertiary/aromatic N) is 5. The number of benzene rings is 2. The summed E-state index contributed by atoms with van der Waals surface area (Å²) in [5.74, 6) is 1.74. The summed E-state index contributed by atoms with van der Waals surface area (Å²) in [5.41, 5.74) is 0.815. The van der Waals surface area contributed by atoms with Crippen molar-refractivity contribution in [2.45, 2.75) is 0 Å². The lowest BCUT2D eigenvalue weighted by atomic mass is 10.1. The van der Waals surface area contributed by atoms with Gasteiger partial charge >= 0.3 is 6.03 Å². The normalized spacial score (nSPS) is 17.1. The Morgan fingerprint density at radius 2 is 1.42 bits per heavy atom. The van der Waals surface area contributed by atoms with Crippen molar-refractivity contribution in [3.8, 4) is 0 Å². The highest BCUT2D eigenvalue weighted by atomic mass is 16.5. The molecule has 0 atom stereocenters. The van der Waals surface area contributed by atoms with Crippen LogP contribution >= 0.6 is 0 Å². The van der Waals surface area contributed by atoms with Crippen LogP contribution in [0.3, 0.4) is 0 Å². The average molecular weight is 419 g/mol. The van der Waals surface area contributed by atoms with E-state index in [9.17, 15) is 4.79 Å². The Bertz CT molecular complexity index is 1040. The molecule has 8 heteroatoms. The quantitative estimate of drug-likeness (QED) is 0.705. The first-order valence-corrected chi connectivity index (χ1v) is 10.7. The van der Waals surface area contributed by atoms with Gasteiger partial charge in [0.1, 0.15) is 0 Å². The van der Waals surface area contributed by atoms with E-state index in [2.05, 4.69) is 37.4 Å². The zero-order valence-electron chi connectivity index (χ0n) is 17.4. The Balaban J connectivity index is 1.16. The number of rotatable bonds is 3. The van der Waals surface area contributed by atoms with E-state index >= 15 is 0 Å². The van der Waals surface area contributed by atoms with Crippen molar-refractivity contribution in [1.29, 1.82) is 0 Å². The lowest BCUT2D eigenvalue weighted by Gasteiger charge is -2.35. The minimum absolute atomic E-state index is 0.0660. The molecule has 2 aliphatic heterocycles. The van der Waals surface area contributed by atoms with Crippen LogP contribution in [0, 0.1) is 0 Å². The number of hydrogen-bond acceptors (Lipinski definition) is 6. The van der Waals surface area contributed by atoms with Gasteiger partial charge in [-0.1, -0.05) is 30.3 Å². The number of piperazine rings is 1. The molecule has 0 aliphatic carbocycles. The van der Waals surface area contributed by atoms with E-state index in [0.717, 1.165) is 67.5 Å². The van der Waals surface area contributed by atoms with Gasteiger partial charge in [-0.05, 0) is 35.0 Å². The first-order valence-electron chi connectivity index (χ1n) is 10.7. The highest BCUT2D eigenvalue weighted by Gasteiger charge is 2.22. The molecule has 3 aromatic rings. The van der Waals surface area contributed by atoms with Crippen LogP contribution in [0.15, 0.2) is 54.6 Å². The van der Waals surface area contributed by atoms with Gasteiger partial charge in [0, 0.05) is 45.0 Å². The lowest BCUT2D eigenvalue weighted by molar-refractivity contribution is 0.122. The number of carbonyl (C=O) groups is 1. The fraction of sp³-hybridized carbons (Fsp3) is 0.348. The van der Waals surface area contributed by atoms with Crippen LogP contribution < -0.4 is 15.1 Å². The topological polar surface area (TPSA) is 73.8 Å². The Labute approximate surface area is 181 Å². The van der Waals surface area contributed by atoms with E-state index in [1.54, 1.807) is 0 Å². The number of urea groups is 1. The molecule has 2 amide bonds. The number of nitrogens with one attached hydrogen (secondary N) is 1. The number of aromatic nitrogens is 2. The number of carbonyl (C=O) groups excluding carboxylic acids is 1. The van der Waals surface area contributed by atoms with Crippen LogP contribution in [-0.2, 0) is 4.74 Å². The number of ether oxygens (including phenoxy) is 1. The Morgan fingerprint density at radius 1 is 0.774 bits per heavy atom. The van der Waals surface area contributed by atoms with E-state index in [1.165, 1.54) is 0 Å². The highest BCUT2D eigenvalue weighted by molar-refractivity contribution is 5.93. The number of fused-ring (bicyclic) bond motifs is 1. The Morgan fingerprint density at radius 3 is 2.10 bits per heavy atom. The second-order valence-electron chi connectivity index (χ2n) is 7.82. The van der Waals surface area contributed by atoms with Crippen molar-refractivity contribution >= 4 is 34.1 Å². The van der Waals surface area contributed by atoms with E-state index < -0.39 is 0 Å². The van der Waals surface area contributed by atoms with Crippen LogP contribution in [0.25, 0.3) is 10.8 Å². The predicted octanol–water partition coefficient (Wildman–Crippen LogP) is 2.82. The van der Waals surface area contributed by atoms with Gasteiger partial charge in [0.2, 0.25) is 0 Å². The summed E-state index contributed by atoms with van der Waals surface area (Å²) in [6.07, 6.45) is 0. The highest BCUT2D eigenvalue weighted by Crippen LogP contribution is 2.20. The van der Waals surface area contributed by atoms with Gasteiger partial charge < -0.3 is 24.8 Å². The number of morpholine rings is 1. The molecule has 2 saturated heterocycles. The van der Waals surface area contributed by atoms with E-state index in [4.69, 9.17) is 4.74 Å². The standard InChI is InChI=1S/C23H26N6O2/c30-23(24-20-6-5-18-3-1-2-4-19(18)17-20)29-11-9-27(10-12-29)21-7-8-22(26-25-21)28-13-15-31-16-14-28/h1-8,17H,9-16H2,(H,24,30). The molecule has 1 aromatic heterocycles. The third-order valence-corrected chi connectivity index (χ3v) is 5.86. The molecule has 2 aromatic carbocycles. The molecular weight excluding hydrogens is 392 g/mol. The van der Waals surface area contributed by atoms with Crippen molar-refractivity contribution < 1.29 is 9.53 Å². The van der Waals surface area contributed by atoms with E-state index in [0.29, 0.717) is 13.1 Å². The second-order valence-corrected chi connectivity index (χ2v) is 7.82. The van der Waals surface area contributed by atoms with Crippen LogP contribution in [0.2, 0.25) is 0 Å². The van der Waals surface area contributed by atoms with Crippen LogP contribution in [0.5, 0.6) is 0 Å². The smallest absolute Gasteiger partial charge is 0.321 e. The monoisotopic (exact) mass is 418 g/mol. The zero-order valence-corrected chi connectivity index (χ0v) is 17.4. The van der Waals surface area contributed by atoms with Gasteiger partial charge in [-0.3, -0.25) is 0 Å². The third kappa shape index (κ3) is 4.39. The molecule has 0 spiro atoms. The first-order chi connectivity index (χ1) is 15.3. The number of anilines is 3. The van der Waals surface area contributed by atoms with E-state index in [1.807, 2.05) is 47.4 Å². The predicted molar refractivity (Wildman–Crippen MR) is 122 cm³/mol. The van der Waals surface area contributed by atoms with Gasteiger partial charge in [-0.25, -0.2) is 4.79 Å². The third-order valence-electron chi connectivity index (χ3n) is 5.86. The fourth-order valence-corrected chi connectivity index (χ4v) is 4.06. The second kappa shape index (κ2) is 8.77. The summed E-state index contributed by atoms with van der Waals surface area (Å²) in [7, 11) is 0. The summed E-state index contributed by atoms with van der Waals surface area (Å²) in [4.78, 5) is 18.9. The summed E-state index contributed by atoms with van der Waals surface area (Å²) in [5, 5.41) is 14.1. The fourth-order valence-electron chi connectivity index (χ4n) is 4.06. The summed E-state index contributed by atoms with van der Waals surface area (Å²) in [6, 6.07) is 18.1. The molecule has 5 rings (SSSR count). The van der Waals surface area contributed by atoms with Crippen molar-refractivity contribution in [3.63, 3.8) is 0 Å². The summed E-state index contributed by atoms with van der Waals surface area (Å²) in [6.45, 7) is 5.91. The van der Waals surface area contributed by atoms with Gasteiger partial charge in [0.25, 0.3) is 0 Å². The maximum absolute atomic E-state index is 12.7. The Hall–Kier alpha value is -3.39. The molecular formula is C23H26N6O2. The number of amides is 2. The first kappa shape index (κ1) is 19.6. The van der Waals surface area contributed by atoms with Crippen molar-refractivity contribution in [1.82, 2.24) is 15.1 Å². The molecule has 160 valence electrons. The lowest BCUT2D eigenvalue weighted by Crippen LogP contribution is -2.50. The molecule has 2 aliphatic rings. The largest absolute Gasteiger partial charge is 0.378 e. The SMILES string of the molecule is O=C(Nc1ccc2ccccc2c1)N1CCN(c2ccc(N3CCOCC3)nn2)CC1. The minimum Gasteiger partial charge on any atom is -0.378 e. The summed E-state index contributed by atoms with van der Waals surface area (Å²) >= 11 is 0. The van der Waals surface area contributed by atoms with Crippen molar-refractivity contribution in [2.75, 3.05) is 67.6 Å². The molecule has 0 radical (unpaired) electrons. The molecule has 0 saturated carbocycles. The van der Waals surface area contributed by atoms with Crippen molar-refractivity contribution in [2.24, 2.45) is 0 Å². The van der Waals surface area contributed by atoms with Crippen molar-refractivity contribution in [3.05, 3.63) is 54.6 Å². The van der Waals surface area contributed by atoms with Gasteiger partial charge in [0.05, 0.1) is 13.2 Å². The van der Waals surface area contributed by atoms with Gasteiger partial charge in [-0.2, -0.15) is 0 Å². The average Bonchev–Trinajstić information content (AvgIpc) is 2.85. The zero-order chi connectivity index (χ0) is 21.0. The molecule has 0 unspecified atom stereocenters. The molecule has 8 nitrogen and oxygen atoms in total. The van der Waals surface area contributed by atoms with E-state index in [-0.39, 0.29) is 6.03 Å².